The molecule has 13 rings (SSSR count). The fourth-order valence-corrected chi connectivity index (χ4v) is 9.42. The van der Waals surface area contributed by atoms with Gasteiger partial charge in [0.2, 0.25) is 0 Å². The predicted octanol–water partition coefficient (Wildman–Crippen LogP) is 13.1. The summed E-state index contributed by atoms with van der Waals surface area (Å²) in [5, 5.41) is 8.62. The summed E-state index contributed by atoms with van der Waals surface area (Å²) in [7, 11) is 0. The van der Waals surface area contributed by atoms with Crippen molar-refractivity contribution in [3.8, 4) is 28.8 Å². The van der Waals surface area contributed by atoms with E-state index >= 15 is 0 Å². The number of rotatable bonds is 4. The number of hydrogen-bond donors (Lipinski definition) is 1. The Morgan fingerprint density at radius 3 is 1.53 bits per heavy atom. The van der Waals surface area contributed by atoms with Gasteiger partial charge in [-0.1, -0.05) is 109 Å². The van der Waals surface area contributed by atoms with Crippen molar-refractivity contribution in [1.82, 2.24) is 19.4 Å². The number of allylic oxidation sites excluding steroid dienone is 2. The minimum Gasteiger partial charge on any atom is -0.453 e. The van der Waals surface area contributed by atoms with Gasteiger partial charge in [-0.05, 0) is 84.9 Å². The third-order valence-corrected chi connectivity index (χ3v) is 11.9. The van der Waals surface area contributed by atoms with Crippen molar-refractivity contribution in [2.75, 3.05) is 9.80 Å². The summed E-state index contributed by atoms with van der Waals surface area (Å²) in [6, 6.07) is 61.0. The van der Waals surface area contributed by atoms with E-state index in [1.165, 1.54) is 5.39 Å². The summed E-state index contributed by atoms with van der Waals surface area (Å²) >= 11 is 0. The number of anilines is 5. The van der Waals surface area contributed by atoms with Crippen molar-refractivity contribution in [3.05, 3.63) is 194 Å². The lowest BCUT2D eigenvalue weighted by atomic mass is 10.1. The lowest BCUT2D eigenvalue weighted by molar-refractivity contribution is 0.467. The van der Waals surface area contributed by atoms with Gasteiger partial charge < -0.3 is 19.7 Å². The summed E-state index contributed by atoms with van der Waals surface area (Å²) in [5.41, 5.74) is 8.23. The van der Waals surface area contributed by atoms with Crippen LogP contribution in [-0.2, 0) is 0 Å². The van der Waals surface area contributed by atoms with E-state index in [-0.39, 0.29) is 6.17 Å². The second-order valence-electron chi connectivity index (χ2n) is 15.2. The van der Waals surface area contributed by atoms with E-state index < -0.39 is 0 Å². The molecule has 3 aliphatic heterocycles. The van der Waals surface area contributed by atoms with E-state index in [0.29, 0.717) is 0 Å². The maximum absolute atomic E-state index is 6.40. The summed E-state index contributed by atoms with van der Waals surface area (Å²) < 4.78 is 17.5. The molecular weight excluding hydrogens is 741 g/mol. The van der Waals surface area contributed by atoms with Crippen LogP contribution in [0.5, 0.6) is 23.0 Å². The summed E-state index contributed by atoms with van der Waals surface area (Å²) in [6.07, 6.45) is 6.34. The summed E-state index contributed by atoms with van der Waals surface area (Å²) in [5.74, 6) is 5.79. The molecule has 10 aromatic rings. The van der Waals surface area contributed by atoms with Gasteiger partial charge in [0, 0.05) is 21.5 Å². The molecule has 1 N–H and O–H groups in total. The number of para-hydroxylation sites is 10. The Morgan fingerprint density at radius 1 is 0.433 bits per heavy atom. The molecule has 1 unspecified atom stereocenters. The standard InChI is InChI=1S/C52H34N6O2/c1-3-17-37-33(15-1)35-31-32-36-34-16-2-4-18-38(34)58(50-30-14-28-48(54-50)56-41-21-7-11-25-45(41)60-46-26-12-8-22-42(46)56)52(36)51(35)57(37)49-29-13-27-47(53-49)55-39-19-5-9-23-43(39)59-44-24-10-6-20-40(44)55/h1-32,47,53H. The van der Waals surface area contributed by atoms with Crippen LogP contribution >= 0.6 is 0 Å². The van der Waals surface area contributed by atoms with Crippen LogP contribution in [0.15, 0.2) is 194 Å². The van der Waals surface area contributed by atoms with Crippen molar-refractivity contribution in [1.29, 1.82) is 0 Å². The van der Waals surface area contributed by atoms with Crippen LogP contribution in [0, 0.1) is 0 Å². The first-order valence-corrected chi connectivity index (χ1v) is 20.2. The van der Waals surface area contributed by atoms with Gasteiger partial charge in [0.1, 0.15) is 23.6 Å². The second kappa shape index (κ2) is 12.6. The number of hydrogen-bond acceptors (Lipinski definition) is 6. The Balaban J connectivity index is 1.04. The van der Waals surface area contributed by atoms with Crippen molar-refractivity contribution < 1.29 is 9.47 Å². The lowest BCUT2D eigenvalue weighted by Crippen LogP contribution is -2.44. The quantitative estimate of drug-likeness (QED) is 0.192. The third kappa shape index (κ3) is 4.70. The van der Waals surface area contributed by atoms with Crippen LogP contribution in [0.3, 0.4) is 0 Å². The number of pyridine rings is 1. The molecule has 1 atom stereocenters. The number of ether oxygens (including phenoxy) is 2. The average Bonchev–Trinajstić information content (AvgIpc) is 3.83. The molecule has 0 fully saturated rings. The van der Waals surface area contributed by atoms with Crippen molar-refractivity contribution in [2.24, 2.45) is 0 Å². The van der Waals surface area contributed by atoms with Gasteiger partial charge in [-0.15, -0.1) is 0 Å². The summed E-state index contributed by atoms with van der Waals surface area (Å²) in [6.45, 7) is 0. The molecule has 7 aromatic carbocycles. The van der Waals surface area contributed by atoms with Crippen molar-refractivity contribution in [2.45, 2.75) is 6.17 Å². The van der Waals surface area contributed by atoms with Crippen LogP contribution in [-0.4, -0.2) is 20.3 Å². The van der Waals surface area contributed by atoms with Gasteiger partial charge in [-0.25, -0.2) is 4.98 Å². The Kier molecular flexibility index (Phi) is 6.91. The Labute approximate surface area is 344 Å². The van der Waals surface area contributed by atoms with Crippen LogP contribution in [0.2, 0.25) is 0 Å². The smallest absolute Gasteiger partial charge is 0.151 e. The molecule has 0 aliphatic carbocycles. The molecule has 0 spiro atoms. The van der Waals surface area contributed by atoms with Gasteiger partial charge in [0.05, 0.1) is 44.8 Å². The van der Waals surface area contributed by atoms with Gasteiger partial charge in [-0.3, -0.25) is 14.0 Å². The first-order chi connectivity index (χ1) is 29.8. The zero-order valence-corrected chi connectivity index (χ0v) is 32.1. The fourth-order valence-electron chi connectivity index (χ4n) is 9.42. The minimum absolute atomic E-state index is 0.213. The number of fused-ring (bicyclic) bond motifs is 11. The highest BCUT2D eigenvalue weighted by Gasteiger charge is 2.32. The molecule has 0 radical (unpaired) electrons. The minimum atomic E-state index is -0.213. The molecule has 0 amide bonds. The normalized spacial score (nSPS) is 15.2. The maximum atomic E-state index is 6.40. The van der Waals surface area contributed by atoms with Gasteiger partial charge in [0.15, 0.2) is 23.0 Å². The second-order valence-corrected chi connectivity index (χ2v) is 15.2. The fraction of sp³-hybridized carbons (Fsp3) is 0.0192. The largest absolute Gasteiger partial charge is 0.453 e. The van der Waals surface area contributed by atoms with E-state index in [9.17, 15) is 0 Å². The Bertz CT molecular complexity index is 3380. The molecule has 284 valence electrons. The molecule has 8 heteroatoms. The SMILES string of the molecule is C1=CC(N2c3ccccc3Oc3ccccc32)NC(n2c3ccccc3c3ccc4c5ccccc5n(-c5cccc(N6c7ccccc7Oc7ccccc76)n5)c4c32)=C1. The topological polar surface area (TPSA) is 59.7 Å². The predicted molar refractivity (Wildman–Crippen MR) is 242 cm³/mol. The first kappa shape index (κ1) is 32.8. The zero-order valence-electron chi connectivity index (χ0n) is 32.1. The van der Waals surface area contributed by atoms with Crippen LogP contribution < -0.4 is 24.6 Å². The van der Waals surface area contributed by atoms with E-state index in [1.54, 1.807) is 0 Å². The third-order valence-electron chi connectivity index (χ3n) is 11.9. The van der Waals surface area contributed by atoms with Crippen LogP contribution in [0.4, 0.5) is 28.6 Å². The molecule has 3 aliphatic rings. The molecule has 0 saturated carbocycles. The maximum Gasteiger partial charge on any atom is 0.151 e. The van der Waals surface area contributed by atoms with E-state index in [0.717, 1.165) is 101 Å². The number of dihydropyridines is 1. The van der Waals surface area contributed by atoms with Crippen molar-refractivity contribution in [3.63, 3.8) is 0 Å². The molecule has 8 nitrogen and oxygen atoms in total. The monoisotopic (exact) mass is 774 g/mol. The number of benzene rings is 7. The van der Waals surface area contributed by atoms with Crippen LogP contribution in [0.1, 0.15) is 0 Å². The average molecular weight is 775 g/mol. The number of nitrogens with one attached hydrogen (secondary N) is 1. The van der Waals surface area contributed by atoms with Gasteiger partial charge >= 0.3 is 0 Å². The summed E-state index contributed by atoms with van der Waals surface area (Å²) in [4.78, 5) is 10.0. The molecule has 0 bridgehead atoms. The zero-order chi connectivity index (χ0) is 39.3. The van der Waals surface area contributed by atoms with Crippen molar-refractivity contribution >= 4 is 78.0 Å². The molecule has 6 heterocycles. The number of nitrogens with zero attached hydrogens (tertiary/aromatic N) is 5. The number of aromatic nitrogens is 3. The van der Waals surface area contributed by atoms with E-state index in [1.807, 2.05) is 60.7 Å². The van der Waals surface area contributed by atoms with Gasteiger partial charge in [-0.2, -0.15) is 0 Å². The Hall–Kier alpha value is -8.23. The highest BCUT2D eigenvalue weighted by molar-refractivity contribution is 6.24. The molecule has 60 heavy (non-hydrogen) atoms. The highest BCUT2D eigenvalue weighted by atomic mass is 16.5. The lowest BCUT2D eigenvalue weighted by Gasteiger charge is -2.39. The Morgan fingerprint density at radius 2 is 0.917 bits per heavy atom. The first-order valence-electron chi connectivity index (χ1n) is 20.2. The van der Waals surface area contributed by atoms with Crippen LogP contribution in [0.25, 0.3) is 55.3 Å². The van der Waals surface area contributed by atoms with Gasteiger partial charge in [0.25, 0.3) is 0 Å². The van der Waals surface area contributed by atoms with E-state index in [2.05, 4.69) is 158 Å². The molecule has 3 aromatic heterocycles. The highest BCUT2D eigenvalue weighted by Crippen LogP contribution is 2.51. The van der Waals surface area contributed by atoms with E-state index in [4.69, 9.17) is 14.5 Å². The molecule has 0 saturated heterocycles. The molecular formula is C52H34N6O2.